The van der Waals surface area contributed by atoms with Crippen LogP contribution in [-0.4, -0.2) is 43.2 Å². The van der Waals surface area contributed by atoms with E-state index < -0.39 is 0 Å². The van der Waals surface area contributed by atoms with Crippen LogP contribution in [0.5, 0.6) is 0 Å². The number of aryl methyl sites for hydroxylation is 1. The maximum absolute atomic E-state index is 12.3. The van der Waals surface area contributed by atoms with Crippen molar-refractivity contribution in [3.05, 3.63) is 35.4 Å². The molecule has 0 aliphatic carbocycles. The number of nitrogens with zero attached hydrogens (tertiary/aromatic N) is 1. The minimum atomic E-state index is 0.171. The van der Waals surface area contributed by atoms with Crippen molar-refractivity contribution < 1.29 is 9.53 Å². The molecule has 2 aliphatic heterocycles. The normalized spacial score (nSPS) is 22.6. The summed E-state index contributed by atoms with van der Waals surface area (Å²) >= 11 is 0. The van der Waals surface area contributed by atoms with Gasteiger partial charge in [0, 0.05) is 25.6 Å². The lowest BCUT2D eigenvalue weighted by Gasteiger charge is -2.31. The Morgan fingerprint density at radius 2 is 1.88 bits per heavy atom. The van der Waals surface area contributed by atoms with E-state index in [1.54, 1.807) is 0 Å². The highest BCUT2D eigenvalue weighted by molar-refractivity contribution is 5.78. The molecule has 1 unspecified atom stereocenters. The highest BCUT2D eigenvalue weighted by Gasteiger charge is 2.26. The molecule has 4 heteroatoms. The molecule has 0 bridgehead atoms. The van der Waals surface area contributed by atoms with Crippen LogP contribution in [0.15, 0.2) is 24.3 Å². The van der Waals surface area contributed by atoms with Gasteiger partial charge in [0.25, 0.3) is 0 Å². The average molecular weight is 330 g/mol. The Morgan fingerprint density at radius 1 is 1.17 bits per heavy atom. The van der Waals surface area contributed by atoms with Crippen molar-refractivity contribution in [3.63, 3.8) is 0 Å². The molecule has 0 saturated carbocycles. The summed E-state index contributed by atoms with van der Waals surface area (Å²) in [6.07, 6.45) is 5.45. The number of carbonyl (C=O) groups excluding carboxylic acids is 1. The Labute approximate surface area is 145 Å². The van der Waals surface area contributed by atoms with Crippen molar-refractivity contribution in [2.24, 2.45) is 5.92 Å². The number of piperidine rings is 1. The smallest absolute Gasteiger partial charge is 0.223 e. The molecule has 1 aromatic rings. The molecule has 0 spiro atoms. The second kappa shape index (κ2) is 8.63. The van der Waals surface area contributed by atoms with Gasteiger partial charge in [-0.05, 0) is 56.3 Å². The number of hydrogen-bond acceptors (Lipinski definition) is 3. The van der Waals surface area contributed by atoms with Crippen LogP contribution in [0.3, 0.4) is 0 Å². The molecular formula is C20H30N2O2. The van der Waals surface area contributed by atoms with Crippen molar-refractivity contribution in [1.82, 2.24) is 10.2 Å². The zero-order valence-electron chi connectivity index (χ0n) is 14.8. The fraction of sp³-hybridized carbons (Fsp3) is 0.650. The molecule has 1 amide bonds. The Bertz CT molecular complexity index is 515. The van der Waals surface area contributed by atoms with E-state index in [4.69, 9.17) is 4.74 Å². The van der Waals surface area contributed by atoms with Crippen LogP contribution >= 0.6 is 0 Å². The number of hydrogen-bond donors (Lipinski definition) is 1. The first kappa shape index (κ1) is 17.4. The number of rotatable bonds is 6. The van der Waals surface area contributed by atoms with E-state index >= 15 is 0 Å². The SMILES string of the molecule is CCc1ccc(CN2CCC(C(=O)NCC3CCCO3)CC2)cc1. The third kappa shape index (κ3) is 4.81. The summed E-state index contributed by atoms with van der Waals surface area (Å²) in [5, 5.41) is 3.09. The van der Waals surface area contributed by atoms with Gasteiger partial charge in [-0.1, -0.05) is 31.2 Å². The summed E-state index contributed by atoms with van der Waals surface area (Å²) in [5.74, 6) is 0.391. The van der Waals surface area contributed by atoms with Crippen molar-refractivity contribution >= 4 is 5.91 Å². The lowest BCUT2D eigenvalue weighted by atomic mass is 9.95. The van der Waals surface area contributed by atoms with Gasteiger partial charge in [-0.3, -0.25) is 9.69 Å². The van der Waals surface area contributed by atoms with Crippen LogP contribution in [0.1, 0.15) is 43.7 Å². The largest absolute Gasteiger partial charge is 0.376 e. The number of benzene rings is 1. The molecule has 1 aromatic carbocycles. The molecule has 0 aromatic heterocycles. The lowest BCUT2D eigenvalue weighted by Crippen LogP contribution is -2.42. The topological polar surface area (TPSA) is 41.6 Å². The molecule has 24 heavy (non-hydrogen) atoms. The van der Waals surface area contributed by atoms with Crippen LogP contribution in [0.25, 0.3) is 0 Å². The summed E-state index contributed by atoms with van der Waals surface area (Å²) in [5.41, 5.74) is 2.76. The zero-order valence-corrected chi connectivity index (χ0v) is 14.8. The standard InChI is InChI=1S/C20H30N2O2/c1-2-16-5-7-17(8-6-16)15-22-11-9-18(10-12-22)20(23)21-14-19-4-3-13-24-19/h5-8,18-19H,2-4,9-15H2,1H3,(H,21,23). The Hall–Kier alpha value is -1.39. The van der Waals surface area contributed by atoms with Crippen LogP contribution in [0.4, 0.5) is 0 Å². The second-order valence-corrected chi connectivity index (χ2v) is 7.10. The highest BCUT2D eigenvalue weighted by Crippen LogP contribution is 2.20. The summed E-state index contributed by atoms with van der Waals surface area (Å²) in [7, 11) is 0. The molecule has 2 fully saturated rings. The first-order chi connectivity index (χ1) is 11.7. The molecule has 132 valence electrons. The zero-order chi connectivity index (χ0) is 16.8. The van der Waals surface area contributed by atoms with E-state index in [0.717, 1.165) is 58.3 Å². The number of ether oxygens (including phenoxy) is 1. The predicted molar refractivity (Wildman–Crippen MR) is 95.8 cm³/mol. The molecule has 3 rings (SSSR count). The van der Waals surface area contributed by atoms with Gasteiger partial charge in [-0.15, -0.1) is 0 Å². The van der Waals surface area contributed by atoms with Crippen LogP contribution in [0.2, 0.25) is 0 Å². The van der Waals surface area contributed by atoms with Gasteiger partial charge in [0.15, 0.2) is 0 Å². The Balaban J connectivity index is 1.38. The fourth-order valence-electron chi connectivity index (χ4n) is 3.66. The van der Waals surface area contributed by atoms with E-state index in [0.29, 0.717) is 6.54 Å². The minimum Gasteiger partial charge on any atom is -0.376 e. The highest BCUT2D eigenvalue weighted by atomic mass is 16.5. The monoisotopic (exact) mass is 330 g/mol. The minimum absolute atomic E-state index is 0.171. The maximum Gasteiger partial charge on any atom is 0.223 e. The van der Waals surface area contributed by atoms with Crippen molar-refractivity contribution in [3.8, 4) is 0 Å². The van der Waals surface area contributed by atoms with Crippen molar-refractivity contribution in [2.75, 3.05) is 26.2 Å². The molecule has 0 radical (unpaired) electrons. The van der Waals surface area contributed by atoms with E-state index in [1.807, 2.05) is 0 Å². The Morgan fingerprint density at radius 3 is 2.50 bits per heavy atom. The molecule has 1 N–H and O–H groups in total. The van der Waals surface area contributed by atoms with E-state index in [9.17, 15) is 4.79 Å². The predicted octanol–water partition coefficient (Wildman–Crippen LogP) is 2.76. The number of nitrogens with one attached hydrogen (secondary N) is 1. The number of likely N-dealkylation sites (tertiary alicyclic amines) is 1. The van der Waals surface area contributed by atoms with Gasteiger partial charge in [0.1, 0.15) is 0 Å². The van der Waals surface area contributed by atoms with Gasteiger partial charge < -0.3 is 10.1 Å². The summed E-state index contributed by atoms with van der Waals surface area (Å²) in [6, 6.07) is 8.92. The fourth-order valence-corrected chi connectivity index (χ4v) is 3.66. The van der Waals surface area contributed by atoms with Gasteiger partial charge in [0.2, 0.25) is 5.91 Å². The summed E-state index contributed by atoms with van der Waals surface area (Å²) < 4.78 is 5.57. The third-order valence-corrected chi connectivity index (χ3v) is 5.32. The maximum atomic E-state index is 12.3. The summed E-state index contributed by atoms with van der Waals surface area (Å²) in [4.78, 5) is 14.8. The van der Waals surface area contributed by atoms with Crippen molar-refractivity contribution in [1.29, 1.82) is 0 Å². The second-order valence-electron chi connectivity index (χ2n) is 7.10. The summed E-state index contributed by atoms with van der Waals surface area (Å²) in [6.45, 7) is 6.72. The third-order valence-electron chi connectivity index (χ3n) is 5.32. The van der Waals surface area contributed by atoms with Gasteiger partial charge >= 0.3 is 0 Å². The molecule has 1 atom stereocenters. The van der Waals surface area contributed by atoms with Crippen LogP contribution < -0.4 is 5.32 Å². The first-order valence-electron chi connectivity index (χ1n) is 9.44. The lowest BCUT2D eigenvalue weighted by molar-refractivity contribution is -0.127. The number of amides is 1. The molecular weight excluding hydrogens is 300 g/mol. The van der Waals surface area contributed by atoms with E-state index in [2.05, 4.69) is 41.4 Å². The molecule has 4 nitrogen and oxygen atoms in total. The molecule has 2 saturated heterocycles. The average Bonchev–Trinajstić information content (AvgIpc) is 3.14. The molecule has 2 aliphatic rings. The number of carbonyl (C=O) groups is 1. The first-order valence-corrected chi connectivity index (χ1v) is 9.44. The van der Waals surface area contributed by atoms with Crippen LogP contribution in [-0.2, 0) is 22.5 Å². The van der Waals surface area contributed by atoms with Gasteiger partial charge in [0.05, 0.1) is 6.10 Å². The van der Waals surface area contributed by atoms with E-state index in [1.165, 1.54) is 11.1 Å². The van der Waals surface area contributed by atoms with Crippen LogP contribution in [0, 0.1) is 5.92 Å². The molecule has 2 heterocycles. The quantitative estimate of drug-likeness (QED) is 0.872. The van der Waals surface area contributed by atoms with Crippen molar-refractivity contribution in [2.45, 2.75) is 51.7 Å². The Kier molecular flexibility index (Phi) is 6.27. The van der Waals surface area contributed by atoms with Gasteiger partial charge in [-0.2, -0.15) is 0 Å². The van der Waals surface area contributed by atoms with Gasteiger partial charge in [-0.25, -0.2) is 0 Å². The van der Waals surface area contributed by atoms with E-state index in [-0.39, 0.29) is 17.9 Å².